The van der Waals surface area contributed by atoms with E-state index in [-0.39, 0.29) is 18.2 Å². The van der Waals surface area contributed by atoms with Gasteiger partial charge in [-0.1, -0.05) is 0 Å². The lowest BCUT2D eigenvalue weighted by atomic mass is 10.2. The van der Waals surface area contributed by atoms with E-state index in [2.05, 4.69) is 0 Å². The van der Waals surface area contributed by atoms with Crippen LogP contribution in [0.1, 0.15) is 27.2 Å². The predicted octanol–water partition coefficient (Wildman–Crippen LogP) is 2.04. The van der Waals surface area contributed by atoms with E-state index in [1.807, 2.05) is 20.8 Å². The number of ether oxygens (including phenoxy) is 1. The average Bonchev–Trinajstić information content (AvgIpc) is 2.72. The summed E-state index contributed by atoms with van der Waals surface area (Å²) < 4.78 is 5.32. The predicted molar refractivity (Wildman–Crippen MR) is 63.1 cm³/mol. The molecule has 2 bridgehead atoms. The molecule has 2 aliphatic heterocycles. The lowest BCUT2D eigenvalue weighted by Crippen LogP contribution is -2.50. The van der Waals surface area contributed by atoms with Gasteiger partial charge in [0, 0.05) is 13.1 Å². The van der Waals surface area contributed by atoms with Crippen LogP contribution in [-0.4, -0.2) is 52.0 Å². The molecular formula is C11H17ClN2O3. The summed E-state index contributed by atoms with van der Waals surface area (Å²) in [5, 5.41) is -0.429. The summed E-state index contributed by atoms with van der Waals surface area (Å²) in [5.74, 6) is 0. The van der Waals surface area contributed by atoms with Crippen LogP contribution >= 0.6 is 11.6 Å². The van der Waals surface area contributed by atoms with Gasteiger partial charge in [-0.15, -0.1) is 0 Å². The van der Waals surface area contributed by atoms with Crippen LogP contribution in [0.25, 0.3) is 0 Å². The molecule has 2 amide bonds. The van der Waals surface area contributed by atoms with Gasteiger partial charge < -0.3 is 14.5 Å². The smallest absolute Gasteiger partial charge is 0.410 e. The van der Waals surface area contributed by atoms with E-state index in [0.717, 1.165) is 6.42 Å². The number of hydrogen-bond acceptors (Lipinski definition) is 3. The molecule has 2 atom stereocenters. The van der Waals surface area contributed by atoms with E-state index >= 15 is 0 Å². The zero-order valence-corrected chi connectivity index (χ0v) is 11.0. The Hall–Kier alpha value is -0.970. The first kappa shape index (κ1) is 12.5. The average molecular weight is 261 g/mol. The van der Waals surface area contributed by atoms with Crippen LogP contribution < -0.4 is 0 Å². The molecule has 0 N–H and O–H groups in total. The molecule has 0 radical (unpaired) electrons. The van der Waals surface area contributed by atoms with Gasteiger partial charge in [0.05, 0.1) is 12.1 Å². The zero-order chi connectivity index (χ0) is 12.8. The molecule has 2 saturated heterocycles. The molecule has 0 aromatic heterocycles. The van der Waals surface area contributed by atoms with Crippen molar-refractivity contribution in [3.8, 4) is 0 Å². The van der Waals surface area contributed by atoms with Crippen molar-refractivity contribution in [2.24, 2.45) is 0 Å². The minimum atomic E-state index is -0.485. The van der Waals surface area contributed by atoms with Crippen molar-refractivity contribution in [2.45, 2.75) is 44.9 Å². The van der Waals surface area contributed by atoms with E-state index < -0.39 is 11.0 Å². The Balaban J connectivity index is 1.96. The maximum Gasteiger partial charge on any atom is 0.410 e. The maximum atomic E-state index is 11.9. The van der Waals surface area contributed by atoms with Crippen molar-refractivity contribution in [3.05, 3.63) is 0 Å². The highest BCUT2D eigenvalue weighted by Gasteiger charge is 2.47. The molecule has 0 aromatic rings. The summed E-state index contributed by atoms with van der Waals surface area (Å²) >= 11 is 5.46. The number of carbonyl (C=O) groups excluding carboxylic acids is 2. The van der Waals surface area contributed by atoms with Crippen LogP contribution in [0.3, 0.4) is 0 Å². The van der Waals surface area contributed by atoms with E-state index in [1.54, 1.807) is 9.80 Å². The molecule has 17 heavy (non-hydrogen) atoms. The van der Waals surface area contributed by atoms with Crippen molar-refractivity contribution in [1.82, 2.24) is 9.80 Å². The second kappa shape index (κ2) is 4.05. The number of amides is 2. The zero-order valence-electron chi connectivity index (χ0n) is 10.3. The second-order valence-electron chi connectivity index (χ2n) is 5.58. The summed E-state index contributed by atoms with van der Waals surface area (Å²) in [4.78, 5) is 26.3. The van der Waals surface area contributed by atoms with Gasteiger partial charge in [-0.25, -0.2) is 4.79 Å². The summed E-state index contributed by atoms with van der Waals surface area (Å²) in [6, 6.07) is 0.107. The molecule has 2 rings (SSSR count). The van der Waals surface area contributed by atoms with Crippen LogP contribution in [0.2, 0.25) is 0 Å². The van der Waals surface area contributed by atoms with Gasteiger partial charge in [0.2, 0.25) is 0 Å². The third kappa shape index (κ3) is 2.49. The normalized spacial score (nSPS) is 27.5. The minimum absolute atomic E-state index is 0.0533. The molecule has 6 heteroatoms. The molecule has 2 aliphatic rings. The Morgan fingerprint density at radius 1 is 1.18 bits per heavy atom. The van der Waals surface area contributed by atoms with Crippen molar-refractivity contribution >= 4 is 23.1 Å². The Morgan fingerprint density at radius 3 is 2.12 bits per heavy atom. The highest BCUT2D eigenvalue weighted by atomic mass is 35.5. The Kier molecular flexibility index (Phi) is 2.97. The maximum absolute atomic E-state index is 11.9. The standard InChI is InChI=1S/C11H17ClN2O3/c1-11(2,3)17-10(16)14-6-7-4-8(14)5-13(7)9(12)15/h7-8H,4-6H2,1-3H3. The molecule has 2 unspecified atom stereocenters. The van der Waals surface area contributed by atoms with Gasteiger partial charge in [0.15, 0.2) is 0 Å². The summed E-state index contributed by atoms with van der Waals surface area (Å²) in [6.45, 7) is 6.57. The molecular weight excluding hydrogens is 244 g/mol. The summed E-state index contributed by atoms with van der Waals surface area (Å²) in [7, 11) is 0. The molecule has 0 spiro atoms. The number of nitrogens with zero attached hydrogens (tertiary/aromatic N) is 2. The summed E-state index contributed by atoms with van der Waals surface area (Å²) in [6.07, 6.45) is 0.504. The van der Waals surface area contributed by atoms with Crippen LogP contribution in [-0.2, 0) is 4.74 Å². The number of piperazine rings is 1. The van der Waals surface area contributed by atoms with Crippen molar-refractivity contribution in [3.63, 3.8) is 0 Å². The van der Waals surface area contributed by atoms with Crippen LogP contribution in [0.5, 0.6) is 0 Å². The van der Waals surface area contributed by atoms with E-state index in [9.17, 15) is 9.59 Å². The molecule has 0 saturated carbocycles. The monoisotopic (exact) mass is 260 g/mol. The van der Waals surface area contributed by atoms with Gasteiger partial charge in [-0.2, -0.15) is 0 Å². The third-order valence-electron chi connectivity index (χ3n) is 3.09. The fraction of sp³-hybridized carbons (Fsp3) is 0.818. The second-order valence-corrected chi connectivity index (χ2v) is 5.90. The quantitative estimate of drug-likeness (QED) is 0.495. The molecule has 96 valence electrons. The molecule has 0 aliphatic carbocycles. The fourth-order valence-corrected chi connectivity index (χ4v) is 2.63. The topological polar surface area (TPSA) is 49.9 Å². The SMILES string of the molecule is CC(C)(C)OC(=O)N1CC2CC1CN2C(=O)Cl. The Labute approximate surface area is 106 Å². The molecule has 5 nitrogen and oxygen atoms in total. The number of fused-ring (bicyclic) bond motifs is 2. The number of carbonyl (C=O) groups is 2. The van der Waals surface area contributed by atoms with Gasteiger partial charge in [0.25, 0.3) is 0 Å². The minimum Gasteiger partial charge on any atom is -0.444 e. The number of halogens is 1. The first-order chi connectivity index (χ1) is 7.78. The lowest BCUT2D eigenvalue weighted by Gasteiger charge is -2.34. The lowest BCUT2D eigenvalue weighted by molar-refractivity contribution is 0.0159. The number of hydrogen-bond donors (Lipinski definition) is 0. The highest BCUT2D eigenvalue weighted by Crippen LogP contribution is 2.32. The van der Waals surface area contributed by atoms with Gasteiger partial charge in [0.1, 0.15) is 5.60 Å². The van der Waals surface area contributed by atoms with E-state index in [1.165, 1.54) is 0 Å². The Morgan fingerprint density at radius 2 is 1.71 bits per heavy atom. The van der Waals surface area contributed by atoms with Gasteiger partial charge in [-0.3, -0.25) is 4.79 Å². The first-order valence-electron chi connectivity index (χ1n) is 5.73. The van der Waals surface area contributed by atoms with Crippen LogP contribution in [0.15, 0.2) is 0 Å². The van der Waals surface area contributed by atoms with Gasteiger partial charge in [-0.05, 0) is 38.8 Å². The van der Waals surface area contributed by atoms with Crippen molar-refractivity contribution in [2.75, 3.05) is 13.1 Å². The summed E-state index contributed by atoms with van der Waals surface area (Å²) in [5.41, 5.74) is -0.485. The van der Waals surface area contributed by atoms with E-state index in [0.29, 0.717) is 13.1 Å². The molecule has 2 heterocycles. The number of rotatable bonds is 0. The molecule has 2 fully saturated rings. The highest BCUT2D eigenvalue weighted by molar-refractivity contribution is 6.62. The Bertz CT molecular complexity index is 353. The van der Waals surface area contributed by atoms with Gasteiger partial charge >= 0.3 is 11.5 Å². The first-order valence-corrected chi connectivity index (χ1v) is 6.11. The number of likely N-dealkylation sites (tertiary alicyclic amines) is 2. The van der Waals surface area contributed by atoms with Crippen molar-refractivity contribution in [1.29, 1.82) is 0 Å². The van der Waals surface area contributed by atoms with E-state index in [4.69, 9.17) is 16.3 Å². The van der Waals surface area contributed by atoms with Crippen LogP contribution in [0.4, 0.5) is 9.59 Å². The third-order valence-corrected chi connectivity index (χ3v) is 3.31. The van der Waals surface area contributed by atoms with Crippen LogP contribution in [0, 0.1) is 0 Å². The largest absolute Gasteiger partial charge is 0.444 e. The molecule has 0 aromatic carbocycles. The van der Waals surface area contributed by atoms with Crippen molar-refractivity contribution < 1.29 is 14.3 Å². The fourth-order valence-electron chi connectivity index (χ4n) is 2.43.